The molecule has 0 bridgehead atoms. The maximum absolute atomic E-state index is 12.6. The van der Waals surface area contributed by atoms with Crippen LogP contribution in [0.4, 0.5) is 10.5 Å². The van der Waals surface area contributed by atoms with E-state index in [-0.39, 0.29) is 6.03 Å². The highest BCUT2D eigenvalue weighted by Gasteiger charge is 2.24. The number of hydrogen-bond acceptors (Lipinski definition) is 4. The summed E-state index contributed by atoms with van der Waals surface area (Å²) in [7, 11) is -3.14. The van der Waals surface area contributed by atoms with Crippen LogP contribution in [0.5, 0.6) is 0 Å². The average molecular weight is 412 g/mol. The highest BCUT2D eigenvalue weighted by Crippen LogP contribution is 2.26. The average Bonchev–Trinajstić information content (AvgIpc) is 2.73. The molecule has 4 rings (SSSR count). The molecule has 0 aromatic heterocycles. The molecule has 0 saturated heterocycles. The van der Waals surface area contributed by atoms with Gasteiger partial charge in [-0.15, -0.1) is 0 Å². The van der Waals surface area contributed by atoms with Gasteiger partial charge in [0.15, 0.2) is 9.84 Å². The van der Waals surface area contributed by atoms with Gasteiger partial charge in [-0.3, -0.25) is 5.32 Å². The van der Waals surface area contributed by atoms with Crippen molar-refractivity contribution in [3.8, 4) is 0 Å². The minimum atomic E-state index is -3.14. The van der Waals surface area contributed by atoms with Gasteiger partial charge < -0.3 is 10.2 Å². The fourth-order valence-corrected chi connectivity index (χ4v) is 4.73. The number of urea groups is 1. The molecular weight excluding hydrogens is 386 g/mol. The van der Waals surface area contributed by atoms with Gasteiger partial charge in [-0.25, -0.2) is 13.2 Å². The first-order chi connectivity index (χ1) is 13.9. The minimum Gasteiger partial charge on any atom is -0.320 e. The van der Waals surface area contributed by atoms with Crippen molar-refractivity contribution in [2.24, 2.45) is 0 Å². The molecule has 29 heavy (non-hydrogen) atoms. The number of sulfone groups is 1. The van der Waals surface area contributed by atoms with Crippen molar-refractivity contribution in [3.05, 3.63) is 71.3 Å². The number of carbonyl (C=O) groups excluding carboxylic acids is 1. The Morgan fingerprint density at radius 1 is 1.10 bits per heavy atom. The van der Waals surface area contributed by atoms with E-state index >= 15 is 0 Å². The van der Waals surface area contributed by atoms with Crippen LogP contribution in [0.3, 0.4) is 0 Å². The van der Waals surface area contributed by atoms with Crippen molar-refractivity contribution in [1.29, 1.82) is 0 Å². The van der Waals surface area contributed by atoms with Gasteiger partial charge in [0.25, 0.3) is 0 Å². The monoisotopic (exact) mass is 411 g/mol. The zero-order chi connectivity index (χ0) is 20.4. The van der Waals surface area contributed by atoms with Gasteiger partial charge in [-0.2, -0.15) is 0 Å². The van der Waals surface area contributed by atoms with Crippen LogP contribution in [-0.2, 0) is 22.8 Å². The second kappa shape index (κ2) is 8.00. The predicted octanol–water partition coefficient (Wildman–Crippen LogP) is 3.02. The third kappa shape index (κ3) is 4.52. The fourth-order valence-electron chi connectivity index (χ4n) is 3.85. The number of fused-ring (bicyclic) bond motifs is 1. The summed E-state index contributed by atoms with van der Waals surface area (Å²) in [6, 6.07) is 15.7. The normalized spacial score (nSPS) is 19.3. The molecule has 1 unspecified atom stereocenters. The summed E-state index contributed by atoms with van der Waals surface area (Å²) in [5.41, 5.74) is 5.22. The zero-order valence-electron chi connectivity index (χ0n) is 16.4. The molecule has 2 heterocycles. The Kier molecular flexibility index (Phi) is 5.43. The highest BCUT2D eigenvalue weighted by molar-refractivity contribution is 7.91. The van der Waals surface area contributed by atoms with E-state index in [1.807, 2.05) is 47.4 Å². The number of hydrogen-bond donors (Lipinski definition) is 2. The molecule has 2 N–H and O–H groups in total. The summed E-state index contributed by atoms with van der Waals surface area (Å²) in [5, 5.41) is 5.43. The topological polar surface area (TPSA) is 78.5 Å². The van der Waals surface area contributed by atoms with Crippen molar-refractivity contribution in [1.82, 2.24) is 10.2 Å². The molecule has 0 fully saturated rings. The smallest absolute Gasteiger partial charge is 0.320 e. The van der Waals surface area contributed by atoms with Crippen LogP contribution in [0.25, 0.3) is 5.57 Å². The number of nitrogens with zero attached hydrogens (tertiary/aromatic N) is 1. The number of nitrogens with one attached hydrogen (secondary N) is 2. The molecule has 2 aliphatic heterocycles. The fraction of sp³-hybridized carbons (Fsp3) is 0.318. The van der Waals surface area contributed by atoms with Crippen LogP contribution < -0.4 is 10.6 Å². The quantitative estimate of drug-likeness (QED) is 0.814. The van der Waals surface area contributed by atoms with Crippen molar-refractivity contribution in [3.63, 3.8) is 0 Å². The SMILES string of the molecule is CS(=O)(=O)C1CC(c2ccc(NC(=O)N3CCc4ccccc4C3)cc2)=CCN1. The summed E-state index contributed by atoms with van der Waals surface area (Å²) < 4.78 is 23.6. The van der Waals surface area contributed by atoms with Gasteiger partial charge in [-0.1, -0.05) is 42.5 Å². The largest absolute Gasteiger partial charge is 0.322 e. The standard InChI is InChI=1S/C22H25N3O3S/c1-29(27,28)21-14-18(10-12-23-21)17-6-8-20(9-7-17)24-22(26)25-13-11-16-4-2-3-5-19(16)15-25/h2-10,21,23H,11-15H2,1H3,(H,24,26). The molecule has 7 heteroatoms. The maximum atomic E-state index is 12.6. The maximum Gasteiger partial charge on any atom is 0.322 e. The van der Waals surface area contributed by atoms with E-state index in [2.05, 4.69) is 22.8 Å². The number of carbonyl (C=O) groups is 1. The van der Waals surface area contributed by atoms with E-state index < -0.39 is 15.2 Å². The summed E-state index contributed by atoms with van der Waals surface area (Å²) in [6.45, 7) is 1.85. The first kappa shape index (κ1) is 19.7. The van der Waals surface area contributed by atoms with Crippen LogP contribution >= 0.6 is 0 Å². The third-order valence-electron chi connectivity index (χ3n) is 5.54. The highest BCUT2D eigenvalue weighted by atomic mass is 32.2. The van der Waals surface area contributed by atoms with Crippen LogP contribution in [0.15, 0.2) is 54.6 Å². The molecular formula is C22H25N3O3S. The molecule has 152 valence electrons. The van der Waals surface area contributed by atoms with Gasteiger partial charge in [0, 0.05) is 38.0 Å². The Morgan fingerprint density at radius 3 is 2.55 bits per heavy atom. The van der Waals surface area contributed by atoms with E-state index in [0.717, 1.165) is 23.2 Å². The summed E-state index contributed by atoms with van der Waals surface area (Å²) in [6.07, 6.45) is 4.58. The van der Waals surface area contributed by atoms with Gasteiger partial charge >= 0.3 is 6.03 Å². The lowest BCUT2D eigenvalue weighted by Gasteiger charge is -2.29. The number of amides is 2. The molecule has 0 aliphatic carbocycles. The van der Waals surface area contributed by atoms with Gasteiger partial charge in [0.1, 0.15) is 5.37 Å². The van der Waals surface area contributed by atoms with Gasteiger partial charge in [0.2, 0.25) is 0 Å². The van der Waals surface area contributed by atoms with E-state index in [1.54, 1.807) is 0 Å². The molecule has 2 amide bonds. The second-order valence-corrected chi connectivity index (χ2v) is 9.84. The minimum absolute atomic E-state index is 0.106. The zero-order valence-corrected chi connectivity index (χ0v) is 17.2. The lowest BCUT2D eigenvalue weighted by Crippen LogP contribution is -2.39. The first-order valence-electron chi connectivity index (χ1n) is 9.74. The molecule has 0 spiro atoms. The Labute approximate surface area is 171 Å². The Balaban J connectivity index is 1.40. The van der Waals surface area contributed by atoms with Crippen molar-refractivity contribution in [2.75, 3.05) is 24.7 Å². The lowest BCUT2D eigenvalue weighted by molar-refractivity contribution is 0.206. The second-order valence-electron chi connectivity index (χ2n) is 7.61. The molecule has 1 atom stereocenters. The van der Waals surface area contributed by atoms with E-state index in [1.165, 1.54) is 17.4 Å². The first-order valence-corrected chi connectivity index (χ1v) is 11.7. The number of rotatable bonds is 3. The van der Waals surface area contributed by atoms with Crippen molar-refractivity contribution < 1.29 is 13.2 Å². The van der Waals surface area contributed by atoms with Crippen LogP contribution in [0.2, 0.25) is 0 Å². The Bertz CT molecular complexity index is 1050. The summed E-state index contributed by atoms with van der Waals surface area (Å²) in [5.74, 6) is 0. The molecule has 0 radical (unpaired) electrons. The summed E-state index contributed by atoms with van der Waals surface area (Å²) in [4.78, 5) is 14.5. The van der Waals surface area contributed by atoms with E-state index in [9.17, 15) is 13.2 Å². The van der Waals surface area contributed by atoms with Crippen molar-refractivity contribution >= 4 is 27.1 Å². The molecule has 6 nitrogen and oxygen atoms in total. The van der Waals surface area contributed by atoms with Crippen molar-refractivity contribution in [2.45, 2.75) is 24.8 Å². The van der Waals surface area contributed by atoms with Crippen LogP contribution in [-0.4, -0.2) is 44.1 Å². The third-order valence-corrected chi connectivity index (χ3v) is 6.91. The lowest BCUT2D eigenvalue weighted by atomic mass is 10.00. The molecule has 2 aromatic carbocycles. The predicted molar refractivity (Wildman–Crippen MR) is 115 cm³/mol. The Morgan fingerprint density at radius 2 is 1.83 bits per heavy atom. The van der Waals surface area contributed by atoms with Crippen LogP contribution in [0, 0.1) is 0 Å². The van der Waals surface area contributed by atoms with Crippen LogP contribution in [0.1, 0.15) is 23.1 Å². The number of anilines is 1. The summed E-state index contributed by atoms with van der Waals surface area (Å²) >= 11 is 0. The van der Waals surface area contributed by atoms with Gasteiger partial charge in [0.05, 0.1) is 0 Å². The van der Waals surface area contributed by atoms with E-state index in [0.29, 0.717) is 26.1 Å². The Hall–Kier alpha value is -2.64. The van der Waals surface area contributed by atoms with Gasteiger partial charge in [-0.05, 0) is 40.8 Å². The van der Waals surface area contributed by atoms with E-state index in [4.69, 9.17) is 0 Å². The molecule has 0 saturated carbocycles. The number of benzene rings is 2. The molecule has 2 aliphatic rings. The molecule has 2 aromatic rings.